The molecular formula is C20H15ClN2OS. The van der Waals surface area contributed by atoms with Crippen LogP contribution in [0.4, 0.5) is 0 Å². The molecule has 25 heavy (non-hydrogen) atoms. The molecule has 1 unspecified atom stereocenters. The number of benzene rings is 2. The van der Waals surface area contributed by atoms with Gasteiger partial charge in [-0.15, -0.1) is 11.3 Å². The summed E-state index contributed by atoms with van der Waals surface area (Å²) in [5, 5.41) is 12.6. The summed E-state index contributed by atoms with van der Waals surface area (Å²) in [6.45, 7) is 3.85. The number of rotatable bonds is 4. The molecule has 1 atom stereocenters. The van der Waals surface area contributed by atoms with Crippen molar-refractivity contribution in [1.82, 2.24) is 4.98 Å². The second kappa shape index (κ2) is 7.18. The predicted molar refractivity (Wildman–Crippen MR) is 101 cm³/mol. The average molecular weight is 367 g/mol. The Morgan fingerprint density at radius 1 is 1.20 bits per heavy atom. The maximum Gasteiger partial charge on any atom is 0.187 e. The van der Waals surface area contributed by atoms with Gasteiger partial charge in [-0.2, -0.15) is 5.26 Å². The molecule has 0 spiro atoms. The number of nitrogens with zero attached hydrogens (tertiary/aromatic N) is 2. The van der Waals surface area contributed by atoms with E-state index >= 15 is 0 Å². The summed E-state index contributed by atoms with van der Waals surface area (Å²) in [5.41, 5.74) is 4.16. The average Bonchev–Trinajstić information content (AvgIpc) is 3.08. The van der Waals surface area contributed by atoms with Crippen molar-refractivity contribution in [3.05, 3.63) is 74.6 Å². The standard InChI is InChI=1S/C20H15ClN2OS/c1-12-4-3-5-16(13(12)2)19(24)17(10-22)20-23-18(11-25-20)14-6-8-15(21)9-7-14/h3-9,11,17H,1-2H3. The van der Waals surface area contributed by atoms with E-state index in [9.17, 15) is 10.1 Å². The summed E-state index contributed by atoms with van der Waals surface area (Å²) < 4.78 is 0. The fraction of sp³-hybridized carbons (Fsp3) is 0.150. The summed E-state index contributed by atoms with van der Waals surface area (Å²) in [5.74, 6) is -1.10. The van der Waals surface area contributed by atoms with Gasteiger partial charge in [0.1, 0.15) is 5.01 Å². The molecule has 0 saturated carbocycles. The molecule has 0 aliphatic rings. The maximum atomic E-state index is 12.9. The maximum absolute atomic E-state index is 12.9. The second-order valence-corrected chi connectivity index (χ2v) is 7.08. The molecule has 0 bridgehead atoms. The number of ketones is 1. The summed E-state index contributed by atoms with van der Waals surface area (Å²) in [4.78, 5) is 17.4. The van der Waals surface area contributed by atoms with Gasteiger partial charge in [-0.1, -0.05) is 41.9 Å². The Hall–Kier alpha value is -2.48. The topological polar surface area (TPSA) is 53.8 Å². The highest BCUT2D eigenvalue weighted by Crippen LogP contribution is 2.30. The van der Waals surface area contributed by atoms with Crippen molar-refractivity contribution in [2.45, 2.75) is 19.8 Å². The number of carbonyl (C=O) groups is 1. The van der Waals surface area contributed by atoms with Crippen LogP contribution in [0.1, 0.15) is 32.4 Å². The van der Waals surface area contributed by atoms with Crippen LogP contribution >= 0.6 is 22.9 Å². The number of Topliss-reactive ketones (excluding diaryl/α,β-unsaturated/α-hetero) is 1. The molecule has 0 saturated heterocycles. The van der Waals surface area contributed by atoms with Gasteiger partial charge in [0.05, 0.1) is 11.8 Å². The van der Waals surface area contributed by atoms with E-state index in [-0.39, 0.29) is 5.78 Å². The molecule has 124 valence electrons. The van der Waals surface area contributed by atoms with E-state index in [0.29, 0.717) is 15.6 Å². The quantitative estimate of drug-likeness (QED) is 0.567. The van der Waals surface area contributed by atoms with Gasteiger partial charge in [-0.25, -0.2) is 4.98 Å². The molecule has 0 aliphatic carbocycles. The molecule has 1 heterocycles. The highest BCUT2D eigenvalue weighted by molar-refractivity contribution is 7.10. The lowest BCUT2D eigenvalue weighted by Crippen LogP contribution is -2.13. The number of thiazole rings is 1. The first kappa shape index (κ1) is 17.3. The lowest BCUT2D eigenvalue weighted by Gasteiger charge is -2.10. The molecule has 5 heteroatoms. The Morgan fingerprint density at radius 3 is 2.60 bits per heavy atom. The fourth-order valence-corrected chi connectivity index (χ4v) is 3.57. The van der Waals surface area contributed by atoms with E-state index in [0.717, 1.165) is 22.4 Å². The van der Waals surface area contributed by atoms with Gasteiger partial charge in [0, 0.05) is 21.5 Å². The van der Waals surface area contributed by atoms with Crippen LogP contribution in [0.25, 0.3) is 11.3 Å². The van der Waals surface area contributed by atoms with Crippen LogP contribution in [-0.4, -0.2) is 10.8 Å². The first-order chi connectivity index (χ1) is 12.0. The van der Waals surface area contributed by atoms with E-state index in [1.807, 2.05) is 43.5 Å². The van der Waals surface area contributed by atoms with Gasteiger partial charge in [0.15, 0.2) is 11.7 Å². The molecule has 0 fully saturated rings. The molecule has 0 radical (unpaired) electrons. The Bertz CT molecular complexity index is 970. The molecule has 3 nitrogen and oxygen atoms in total. The zero-order chi connectivity index (χ0) is 18.0. The van der Waals surface area contributed by atoms with Crippen molar-refractivity contribution in [1.29, 1.82) is 5.26 Å². The molecule has 3 aromatic rings. The zero-order valence-corrected chi connectivity index (χ0v) is 15.4. The van der Waals surface area contributed by atoms with Crippen LogP contribution in [0.3, 0.4) is 0 Å². The monoisotopic (exact) mass is 366 g/mol. The van der Waals surface area contributed by atoms with Gasteiger partial charge in [0.2, 0.25) is 0 Å². The van der Waals surface area contributed by atoms with Crippen molar-refractivity contribution >= 4 is 28.7 Å². The van der Waals surface area contributed by atoms with Crippen LogP contribution in [-0.2, 0) is 0 Å². The van der Waals surface area contributed by atoms with Crippen molar-refractivity contribution in [2.24, 2.45) is 0 Å². The van der Waals surface area contributed by atoms with E-state index in [1.165, 1.54) is 11.3 Å². The first-order valence-corrected chi connectivity index (χ1v) is 8.98. The lowest BCUT2D eigenvalue weighted by molar-refractivity contribution is 0.0978. The molecule has 0 aliphatic heterocycles. The van der Waals surface area contributed by atoms with Crippen LogP contribution in [0, 0.1) is 25.2 Å². The highest BCUT2D eigenvalue weighted by atomic mass is 35.5. The predicted octanol–water partition coefficient (Wildman–Crippen LogP) is 5.57. The van der Waals surface area contributed by atoms with Gasteiger partial charge in [0.25, 0.3) is 0 Å². The Labute approximate surface area is 155 Å². The second-order valence-electron chi connectivity index (χ2n) is 5.75. The Balaban J connectivity index is 1.94. The zero-order valence-electron chi connectivity index (χ0n) is 13.8. The van der Waals surface area contributed by atoms with Gasteiger partial charge >= 0.3 is 0 Å². The minimum absolute atomic E-state index is 0.208. The van der Waals surface area contributed by atoms with Crippen molar-refractivity contribution in [2.75, 3.05) is 0 Å². The van der Waals surface area contributed by atoms with Crippen molar-refractivity contribution in [3.63, 3.8) is 0 Å². The Kier molecular flexibility index (Phi) is 4.98. The molecule has 1 aromatic heterocycles. The summed E-state index contributed by atoms with van der Waals surface area (Å²) in [7, 11) is 0. The highest BCUT2D eigenvalue weighted by Gasteiger charge is 2.26. The van der Waals surface area contributed by atoms with Crippen molar-refractivity contribution in [3.8, 4) is 17.3 Å². The number of hydrogen-bond donors (Lipinski definition) is 0. The molecular weight excluding hydrogens is 352 g/mol. The lowest BCUT2D eigenvalue weighted by atomic mass is 9.93. The third kappa shape index (κ3) is 3.48. The third-order valence-electron chi connectivity index (χ3n) is 4.17. The first-order valence-electron chi connectivity index (χ1n) is 7.72. The Morgan fingerprint density at radius 2 is 1.92 bits per heavy atom. The van der Waals surface area contributed by atoms with Crippen LogP contribution < -0.4 is 0 Å². The minimum Gasteiger partial charge on any atom is -0.292 e. The van der Waals surface area contributed by atoms with Gasteiger partial charge in [-0.3, -0.25) is 4.79 Å². The minimum atomic E-state index is -0.897. The fourth-order valence-electron chi connectivity index (χ4n) is 2.57. The van der Waals surface area contributed by atoms with Gasteiger partial charge in [-0.05, 0) is 37.1 Å². The van der Waals surface area contributed by atoms with Crippen LogP contribution in [0.5, 0.6) is 0 Å². The van der Waals surface area contributed by atoms with E-state index in [4.69, 9.17) is 11.6 Å². The number of aryl methyl sites for hydroxylation is 1. The largest absolute Gasteiger partial charge is 0.292 e. The van der Waals surface area contributed by atoms with Crippen LogP contribution in [0.2, 0.25) is 5.02 Å². The molecule has 0 amide bonds. The van der Waals surface area contributed by atoms with Crippen LogP contribution in [0.15, 0.2) is 47.8 Å². The van der Waals surface area contributed by atoms with E-state index < -0.39 is 5.92 Å². The van der Waals surface area contributed by atoms with E-state index in [2.05, 4.69) is 11.1 Å². The molecule has 0 N–H and O–H groups in total. The number of halogens is 1. The number of aromatic nitrogens is 1. The number of carbonyl (C=O) groups excluding carboxylic acids is 1. The van der Waals surface area contributed by atoms with Gasteiger partial charge < -0.3 is 0 Å². The third-order valence-corrected chi connectivity index (χ3v) is 5.33. The smallest absolute Gasteiger partial charge is 0.187 e. The molecule has 3 rings (SSSR count). The molecule has 2 aromatic carbocycles. The van der Waals surface area contributed by atoms with Crippen molar-refractivity contribution < 1.29 is 4.79 Å². The normalized spacial score (nSPS) is 11.8. The number of hydrogen-bond acceptors (Lipinski definition) is 4. The summed E-state index contributed by atoms with van der Waals surface area (Å²) in [6.07, 6.45) is 0. The SMILES string of the molecule is Cc1cccc(C(=O)C(C#N)c2nc(-c3ccc(Cl)cc3)cs2)c1C. The number of nitriles is 1. The summed E-state index contributed by atoms with van der Waals surface area (Å²) in [6, 6.07) is 15.0. The van der Waals surface area contributed by atoms with E-state index in [1.54, 1.807) is 18.2 Å². The summed E-state index contributed by atoms with van der Waals surface area (Å²) >= 11 is 7.24.